The van der Waals surface area contributed by atoms with Crippen molar-refractivity contribution in [2.24, 2.45) is 0 Å². The Kier molecular flexibility index (Phi) is 2.86. The second kappa shape index (κ2) is 4.48. The molecular formula is C10H15N3O3. The Labute approximate surface area is 93.3 Å². The molecule has 1 N–H and O–H groups in total. The largest absolute Gasteiger partial charge is 0.376 e. The number of aromatic nitrogens is 2. The number of nitrogens with zero attached hydrogens (tertiary/aromatic N) is 2. The molecule has 3 heterocycles. The third kappa shape index (κ3) is 1.95. The quantitative estimate of drug-likeness (QED) is 0.777. The molecule has 0 spiro atoms. The Bertz CT molecular complexity index is 343. The van der Waals surface area contributed by atoms with Gasteiger partial charge in [-0.15, -0.1) is 0 Å². The van der Waals surface area contributed by atoms with E-state index in [1.165, 1.54) is 0 Å². The van der Waals surface area contributed by atoms with Crippen LogP contribution in [-0.2, 0) is 9.47 Å². The van der Waals surface area contributed by atoms with Gasteiger partial charge in [-0.25, -0.2) is 0 Å². The molecule has 0 radical (unpaired) electrons. The van der Waals surface area contributed by atoms with Crippen LogP contribution in [0.5, 0.6) is 0 Å². The molecule has 88 valence electrons. The van der Waals surface area contributed by atoms with Crippen LogP contribution in [-0.4, -0.2) is 43.1 Å². The zero-order valence-electron chi connectivity index (χ0n) is 9.02. The van der Waals surface area contributed by atoms with Gasteiger partial charge in [-0.2, -0.15) is 4.98 Å². The molecule has 0 aromatic carbocycles. The van der Waals surface area contributed by atoms with Gasteiger partial charge in [-0.3, -0.25) is 0 Å². The van der Waals surface area contributed by atoms with Crippen molar-refractivity contribution in [1.82, 2.24) is 15.5 Å². The minimum absolute atomic E-state index is 0.166. The second-order valence-corrected chi connectivity index (χ2v) is 4.11. The summed E-state index contributed by atoms with van der Waals surface area (Å²) >= 11 is 0. The topological polar surface area (TPSA) is 69.4 Å². The van der Waals surface area contributed by atoms with Crippen molar-refractivity contribution in [3.8, 4) is 0 Å². The Morgan fingerprint density at radius 1 is 1.31 bits per heavy atom. The summed E-state index contributed by atoms with van der Waals surface area (Å²) in [6, 6.07) is 0. The molecule has 2 aliphatic heterocycles. The SMILES string of the molecule is C1CC(c2nc(C3COCCO3)no2)CN1. The summed E-state index contributed by atoms with van der Waals surface area (Å²) in [4.78, 5) is 4.39. The molecule has 16 heavy (non-hydrogen) atoms. The van der Waals surface area contributed by atoms with Crippen LogP contribution in [0.15, 0.2) is 4.52 Å². The third-order valence-electron chi connectivity index (χ3n) is 2.97. The highest BCUT2D eigenvalue weighted by atomic mass is 16.6. The highest BCUT2D eigenvalue weighted by molar-refractivity contribution is 5.00. The van der Waals surface area contributed by atoms with Gasteiger partial charge in [0.2, 0.25) is 11.7 Å². The molecule has 6 nitrogen and oxygen atoms in total. The molecule has 2 saturated heterocycles. The van der Waals surface area contributed by atoms with Gasteiger partial charge in [0.05, 0.1) is 25.7 Å². The van der Waals surface area contributed by atoms with Gasteiger partial charge in [-0.1, -0.05) is 5.16 Å². The van der Waals surface area contributed by atoms with Crippen LogP contribution < -0.4 is 5.32 Å². The molecule has 0 amide bonds. The molecule has 0 bridgehead atoms. The highest BCUT2D eigenvalue weighted by Crippen LogP contribution is 2.23. The van der Waals surface area contributed by atoms with Crippen molar-refractivity contribution in [1.29, 1.82) is 0 Å². The summed E-state index contributed by atoms with van der Waals surface area (Å²) in [5, 5.41) is 7.24. The van der Waals surface area contributed by atoms with Crippen molar-refractivity contribution in [2.75, 3.05) is 32.9 Å². The van der Waals surface area contributed by atoms with Crippen LogP contribution in [0.3, 0.4) is 0 Å². The van der Waals surface area contributed by atoms with Gasteiger partial charge >= 0.3 is 0 Å². The van der Waals surface area contributed by atoms with E-state index < -0.39 is 0 Å². The molecule has 2 aliphatic rings. The van der Waals surface area contributed by atoms with Crippen molar-refractivity contribution in [3.63, 3.8) is 0 Å². The van der Waals surface area contributed by atoms with E-state index in [4.69, 9.17) is 14.0 Å². The van der Waals surface area contributed by atoms with E-state index in [1.54, 1.807) is 0 Å². The van der Waals surface area contributed by atoms with Crippen molar-refractivity contribution in [3.05, 3.63) is 11.7 Å². The summed E-state index contributed by atoms with van der Waals surface area (Å²) in [6.45, 7) is 3.70. The van der Waals surface area contributed by atoms with E-state index >= 15 is 0 Å². The summed E-state index contributed by atoms with van der Waals surface area (Å²) in [7, 11) is 0. The maximum Gasteiger partial charge on any atom is 0.231 e. The Balaban J connectivity index is 1.71. The minimum Gasteiger partial charge on any atom is -0.376 e. The fourth-order valence-electron chi connectivity index (χ4n) is 2.05. The molecule has 2 unspecified atom stereocenters. The zero-order chi connectivity index (χ0) is 10.8. The standard InChI is InChI=1S/C10H15N3O3/c1-2-11-5-7(1)10-12-9(13-16-10)8-6-14-3-4-15-8/h7-8,11H,1-6H2. The molecule has 2 fully saturated rings. The van der Waals surface area contributed by atoms with Gasteiger partial charge in [-0.05, 0) is 13.0 Å². The fourth-order valence-corrected chi connectivity index (χ4v) is 2.05. The van der Waals surface area contributed by atoms with E-state index in [-0.39, 0.29) is 6.10 Å². The predicted molar refractivity (Wildman–Crippen MR) is 54.0 cm³/mol. The van der Waals surface area contributed by atoms with Gasteiger partial charge in [0, 0.05) is 6.54 Å². The van der Waals surface area contributed by atoms with Crippen LogP contribution in [0.4, 0.5) is 0 Å². The summed E-state index contributed by atoms with van der Waals surface area (Å²) < 4.78 is 16.1. The van der Waals surface area contributed by atoms with Gasteiger partial charge in [0.15, 0.2) is 0 Å². The smallest absolute Gasteiger partial charge is 0.231 e. The van der Waals surface area contributed by atoms with Crippen molar-refractivity contribution in [2.45, 2.75) is 18.4 Å². The minimum atomic E-state index is -0.166. The van der Waals surface area contributed by atoms with Gasteiger partial charge in [0.25, 0.3) is 0 Å². The van der Waals surface area contributed by atoms with E-state index in [9.17, 15) is 0 Å². The molecular weight excluding hydrogens is 210 g/mol. The number of hydrogen-bond donors (Lipinski definition) is 1. The van der Waals surface area contributed by atoms with E-state index in [1.807, 2.05) is 0 Å². The summed E-state index contributed by atoms with van der Waals surface area (Å²) in [5.41, 5.74) is 0. The molecule has 2 atom stereocenters. The lowest BCUT2D eigenvalue weighted by atomic mass is 10.1. The maximum absolute atomic E-state index is 5.51. The fraction of sp³-hybridized carbons (Fsp3) is 0.800. The van der Waals surface area contributed by atoms with Crippen LogP contribution in [0.1, 0.15) is 30.2 Å². The molecule has 0 aliphatic carbocycles. The average molecular weight is 225 g/mol. The van der Waals surface area contributed by atoms with Gasteiger partial charge in [0.1, 0.15) is 6.10 Å². The molecule has 1 aromatic rings. The lowest BCUT2D eigenvalue weighted by Gasteiger charge is -2.19. The predicted octanol–water partition coefficient (Wildman–Crippen LogP) is 0.234. The first kappa shape index (κ1) is 10.2. The number of ether oxygens (including phenoxy) is 2. The zero-order valence-corrected chi connectivity index (χ0v) is 9.02. The Hall–Kier alpha value is -0.980. The highest BCUT2D eigenvalue weighted by Gasteiger charge is 2.26. The molecule has 1 aromatic heterocycles. The third-order valence-corrected chi connectivity index (χ3v) is 2.97. The average Bonchev–Trinajstić information content (AvgIpc) is 3.01. The van der Waals surface area contributed by atoms with E-state index in [0.717, 1.165) is 19.5 Å². The summed E-state index contributed by atoms with van der Waals surface area (Å²) in [5.74, 6) is 1.68. The Morgan fingerprint density at radius 3 is 3.06 bits per heavy atom. The normalized spacial score (nSPS) is 30.8. The van der Waals surface area contributed by atoms with E-state index in [2.05, 4.69) is 15.5 Å². The number of nitrogens with one attached hydrogen (secondary N) is 1. The number of rotatable bonds is 2. The van der Waals surface area contributed by atoms with Crippen LogP contribution in [0.2, 0.25) is 0 Å². The van der Waals surface area contributed by atoms with Crippen molar-refractivity contribution >= 4 is 0 Å². The lowest BCUT2D eigenvalue weighted by Crippen LogP contribution is -2.22. The number of hydrogen-bond acceptors (Lipinski definition) is 6. The first-order chi connectivity index (χ1) is 7.93. The maximum atomic E-state index is 5.51. The van der Waals surface area contributed by atoms with E-state index in [0.29, 0.717) is 37.5 Å². The molecule has 6 heteroatoms. The Morgan fingerprint density at radius 2 is 2.31 bits per heavy atom. The lowest BCUT2D eigenvalue weighted by molar-refractivity contribution is -0.0941. The molecule has 0 saturated carbocycles. The molecule has 3 rings (SSSR count). The van der Waals surface area contributed by atoms with Crippen molar-refractivity contribution < 1.29 is 14.0 Å². The van der Waals surface area contributed by atoms with Crippen LogP contribution >= 0.6 is 0 Å². The van der Waals surface area contributed by atoms with Crippen LogP contribution in [0, 0.1) is 0 Å². The summed E-state index contributed by atoms with van der Waals surface area (Å²) in [6.07, 6.45) is 0.893. The first-order valence-corrected chi connectivity index (χ1v) is 5.67. The monoisotopic (exact) mass is 225 g/mol. The van der Waals surface area contributed by atoms with Gasteiger partial charge < -0.3 is 19.3 Å². The first-order valence-electron chi connectivity index (χ1n) is 5.67. The second-order valence-electron chi connectivity index (χ2n) is 4.11. The van der Waals surface area contributed by atoms with Crippen LogP contribution in [0.25, 0.3) is 0 Å².